The molecule has 1 aliphatic carbocycles. The maximum Gasteiger partial charge on any atom is 0.243 e. The molecule has 1 aromatic rings. The van der Waals surface area contributed by atoms with Crippen LogP contribution in [0, 0.1) is 0 Å². The second kappa shape index (κ2) is 7.81. The highest BCUT2D eigenvalue weighted by atomic mass is 35.5. The lowest BCUT2D eigenvalue weighted by molar-refractivity contribution is -0.141. The number of nitrogens with two attached hydrogens (primary N) is 1. The van der Waals surface area contributed by atoms with Gasteiger partial charge in [0.2, 0.25) is 5.91 Å². The molecule has 0 bridgehead atoms. The minimum atomic E-state index is -0.810. The van der Waals surface area contributed by atoms with Crippen molar-refractivity contribution in [2.24, 2.45) is 5.73 Å². The molecule has 140 valence electrons. The van der Waals surface area contributed by atoms with Crippen molar-refractivity contribution < 1.29 is 19.4 Å². The molecule has 0 spiro atoms. The number of benzene rings is 1. The third kappa shape index (κ3) is 3.57. The van der Waals surface area contributed by atoms with Crippen LogP contribution in [0.4, 0.5) is 0 Å². The van der Waals surface area contributed by atoms with Crippen LogP contribution >= 0.6 is 12.4 Å². The lowest BCUT2D eigenvalue weighted by atomic mass is 9.81. The summed E-state index contributed by atoms with van der Waals surface area (Å²) in [5.41, 5.74) is 7.09. The molecule has 0 saturated heterocycles. The van der Waals surface area contributed by atoms with Crippen molar-refractivity contribution in [3.8, 4) is 11.5 Å². The first-order valence-corrected chi connectivity index (χ1v) is 8.50. The Balaban J connectivity index is 0.00000225. The number of methoxy groups -OCH3 is 2. The van der Waals surface area contributed by atoms with Gasteiger partial charge in [0.15, 0.2) is 0 Å². The third-order valence-corrected chi connectivity index (χ3v) is 5.25. The zero-order valence-electron chi connectivity index (χ0n) is 14.8. The molecule has 0 radical (unpaired) electrons. The Labute approximate surface area is 154 Å². The molecule has 1 heterocycles. The standard InChI is InChI=1S/C18H26N2O4.ClH/c1-23-14-6-7-15(24-2)16-12(14)10-20(11-13(16)21)17(22)18(19)8-4-3-5-9-18;/h6-7,13,21H,3-5,8-11,19H2,1-2H3;1H. The van der Waals surface area contributed by atoms with E-state index in [1.165, 1.54) is 0 Å². The Bertz CT molecular complexity index is 632. The van der Waals surface area contributed by atoms with Crippen LogP contribution in [0.15, 0.2) is 12.1 Å². The van der Waals surface area contributed by atoms with E-state index in [1.54, 1.807) is 31.3 Å². The number of aliphatic hydroxyl groups is 1. The average molecular weight is 371 g/mol. The number of carbonyl (C=O) groups is 1. The first-order valence-electron chi connectivity index (χ1n) is 8.50. The first-order chi connectivity index (χ1) is 11.5. The molecule has 3 N–H and O–H groups in total. The van der Waals surface area contributed by atoms with Gasteiger partial charge in [-0.15, -0.1) is 12.4 Å². The van der Waals surface area contributed by atoms with E-state index in [2.05, 4.69) is 0 Å². The van der Waals surface area contributed by atoms with Gasteiger partial charge in [-0.05, 0) is 25.0 Å². The highest BCUT2D eigenvalue weighted by Crippen LogP contribution is 2.40. The van der Waals surface area contributed by atoms with Crippen molar-refractivity contribution in [2.45, 2.75) is 50.3 Å². The molecule has 1 atom stereocenters. The number of aliphatic hydroxyl groups excluding tert-OH is 1. The fourth-order valence-electron chi connectivity index (χ4n) is 3.94. The molecule has 2 aliphatic rings. The molecule has 1 aromatic carbocycles. The topological polar surface area (TPSA) is 85.0 Å². The average Bonchev–Trinajstić information content (AvgIpc) is 2.60. The molecule has 1 saturated carbocycles. The second-order valence-electron chi connectivity index (χ2n) is 6.78. The summed E-state index contributed by atoms with van der Waals surface area (Å²) in [6, 6.07) is 3.58. The lowest BCUT2D eigenvalue weighted by Gasteiger charge is -2.40. The monoisotopic (exact) mass is 370 g/mol. The molecule has 7 heteroatoms. The van der Waals surface area contributed by atoms with Crippen molar-refractivity contribution in [2.75, 3.05) is 20.8 Å². The van der Waals surface area contributed by atoms with Crippen LogP contribution in [-0.4, -0.2) is 42.2 Å². The van der Waals surface area contributed by atoms with Gasteiger partial charge in [0.1, 0.15) is 17.6 Å². The molecule has 1 unspecified atom stereocenters. The number of amides is 1. The zero-order chi connectivity index (χ0) is 17.3. The molecule has 1 fully saturated rings. The Hall–Kier alpha value is -1.50. The van der Waals surface area contributed by atoms with Crippen LogP contribution < -0.4 is 15.2 Å². The van der Waals surface area contributed by atoms with Crippen LogP contribution in [-0.2, 0) is 11.3 Å². The third-order valence-electron chi connectivity index (χ3n) is 5.25. The normalized spacial score (nSPS) is 21.8. The summed E-state index contributed by atoms with van der Waals surface area (Å²) >= 11 is 0. The largest absolute Gasteiger partial charge is 0.496 e. The highest BCUT2D eigenvalue weighted by Gasteiger charge is 2.41. The summed E-state index contributed by atoms with van der Waals surface area (Å²) in [6.07, 6.45) is 3.69. The number of carbonyl (C=O) groups excluding carboxylic acids is 1. The number of β-amino-alcohol motifs (C(OH)–C–C–N with tert-alkyl or cyclic N) is 1. The summed E-state index contributed by atoms with van der Waals surface area (Å²) in [5, 5.41) is 10.6. The van der Waals surface area contributed by atoms with Crippen LogP contribution in [0.3, 0.4) is 0 Å². The maximum atomic E-state index is 13.0. The van der Waals surface area contributed by atoms with Crippen LogP contribution in [0.25, 0.3) is 0 Å². The van der Waals surface area contributed by atoms with Gasteiger partial charge in [-0.1, -0.05) is 19.3 Å². The van der Waals surface area contributed by atoms with Gasteiger partial charge in [-0.2, -0.15) is 0 Å². The number of hydrogen-bond acceptors (Lipinski definition) is 5. The van der Waals surface area contributed by atoms with Gasteiger partial charge in [-0.25, -0.2) is 0 Å². The van der Waals surface area contributed by atoms with Gasteiger partial charge in [0, 0.05) is 17.7 Å². The van der Waals surface area contributed by atoms with Crippen LogP contribution in [0.5, 0.6) is 11.5 Å². The summed E-state index contributed by atoms with van der Waals surface area (Å²) in [6.45, 7) is 0.610. The summed E-state index contributed by atoms with van der Waals surface area (Å²) in [4.78, 5) is 14.7. The maximum absolute atomic E-state index is 13.0. The SMILES string of the molecule is COc1ccc(OC)c2c1CN(C(=O)C1(N)CCCCC1)CC2O.Cl. The molecule has 3 rings (SSSR count). The molecule has 6 nitrogen and oxygen atoms in total. The summed E-state index contributed by atoms with van der Waals surface area (Å²) in [5.74, 6) is 1.19. The van der Waals surface area contributed by atoms with E-state index in [1.807, 2.05) is 0 Å². The van der Waals surface area contributed by atoms with Crippen LogP contribution in [0.1, 0.15) is 49.3 Å². The number of rotatable bonds is 3. The van der Waals surface area contributed by atoms with Crippen molar-refractivity contribution >= 4 is 18.3 Å². The minimum absolute atomic E-state index is 0. The quantitative estimate of drug-likeness (QED) is 0.851. The smallest absolute Gasteiger partial charge is 0.243 e. The van der Waals surface area contributed by atoms with Gasteiger partial charge < -0.3 is 25.2 Å². The fourth-order valence-corrected chi connectivity index (χ4v) is 3.94. The van der Waals surface area contributed by atoms with Gasteiger partial charge >= 0.3 is 0 Å². The summed E-state index contributed by atoms with van der Waals surface area (Å²) < 4.78 is 10.8. The first kappa shape index (κ1) is 19.8. The van der Waals surface area contributed by atoms with Gasteiger partial charge in [0.05, 0.1) is 26.3 Å². The predicted molar refractivity (Wildman–Crippen MR) is 97.2 cm³/mol. The van der Waals surface area contributed by atoms with Gasteiger partial charge in [0.25, 0.3) is 0 Å². The highest BCUT2D eigenvalue weighted by molar-refractivity contribution is 5.86. The lowest BCUT2D eigenvalue weighted by Crippen LogP contribution is -2.57. The summed E-state index contributed by atoms with van der Waals surface area (Å²) in [7, 11) is 3.16. The van der Waals surface area contributed by atoms with E-state index in [0.717, 1.165) is 24.8 Å². The van der Waals surface area contributed by atoms with E-state index >= 15 is 0 Å². The molecule has 0 aromatic heterocycles. The van der Waals surface area contributed by atoms with Crippen molar-refractivity contribution in [3.63, 3.8) is 0 Å². The number of fused-ring (bicyclic) bond motifs is 1. The second-order valence-corrected chi connectivity index (χ2v) is 6.78. The Morgan fingerprint density at radius 3 is 2.40 bits per heavy atom. The Morgan fingerprint density at radius 2 is 1.80 bits per heavy atom. The van der Waals surface area contributed by atoms with E-state index in [4.69, 9.17) is 15.2 Å². The Morgan fingerprint density at radius 1 is 1.20 bits per heavy atom. The molecular formula is C18H27ClN2O4. The predicted octanol–water partition coefficient (Wildman–Crippen LogP) is 2.16. The van der Waals surface area contributed by atoms with Crippen molar-refractivity contribution in [1.29, 1.82) is 0 Å². The van der Waals surface area contributed by atoms with Crippen LogP contribution in [0.2, 0.25) is 0 Å². The van der Waals surface area contributed by atoms with Crippen molar-refractivity contribution in [1.82, 2.24) is 4.90 Å². The molecule has 1 aliphatic heterocycles. The van der Waals surface area contributed by atoms with E-state index in [-0.39, 0.29) is 24.9 Å². The zero-order valence-corrected chi connectivity index (χ0v) is 15.6. The van der Waals surface area contributed by atoms with Crippen molar-refractivity contribution in [3.05, 3.63) is 23.3 Å². The Kier molecular flexibility index (Phi) is 6.19. The molecule has 25 heavy (non-hydrogen) atoms. The number of halogens is 1. The van der Waals surface area contributed by atoms with E-state index in [0.29, 0.717) is 36.4 Å². The number of nitrogens with zero attached hydrogens (tertiary/aromatic N) is 1. The molecular weight excluding hydrogens is 344 g/mol. The van der Waals surface area contributed by atoms with E-state index < -0.39 is 11.6 Å². The fraction of sp³-hybridized carbons (Fsp3) is 0.611. The number of ether oxygens (including phenoxy) is 2. The van der Waals surface area contributed by atoms with E-state index in [9.17, 15) is 9.90 Å². The van der Waals surface area contributed by atoms with Gasteiger partial charge in [-0.3, -0.25) is 4.79 Å². The minimum Gasteiger partial charge on any atom is -0.496 e. The molecule has 1 amide bonds. The number of hydrogen-bond donors (Lipinski definition) is 2.